The molecule has 0 radical (unpaired) electrons. The van der Waals surface area contributed by atoms with E-state index in [0.717, 1.165) is 18.2 Å². The van der Waals surface area contributed by atoms with E-state index in [2.05, 4.69) is 6.58 Å². The van der Waals surface area contributed by atoms with Gasteiger partial charge in [-0.2, -0.15) is 0 Å². The Morgan fingerprint density at radius 1 is 1.35 bits per heavy atom. The van der Waals surface area contributed by atoms with E-state index < -0.39 is 29.7 Å². The summed E-state index contributed by atoms with van der Waals surface area (Å²) in [7, 11) is 0. The number of benzene rings is 1. The maximum atomic E-state index is 14.1. The lowest BCUT2D eigenvalue weighted by Crippen LogP contribution is -2.36. The predicted octanol–water partition coefficient (Wildman–Crippen LogP) is 3.21. The zero-order chi connectivity index (χ0) is 17.0. The third kappa shape index (κ3) is 3.83. The number of aliphatic carboxylic acids is 1. The number of carbonyl (C=O) groups excluding carboxylic acids is 1. The van der Waals surface area contributed by atoms with Crippen LogP contribution in [0.2, 0.25) is 0 Å². The third-order valence-corrected chi connectivity index (χ3v) is 3.82. The molecule has 23 heavy (non-hydrogen) atoms. The molecule has 1 N–H and O–H groups in total. The Morgan fingerprint density at radius 3 is 2.70 bits per heavy atom. The third-order valence-electron chi connectivity index (χ3n) is 3.82. The van der Waals surface area contributed by atoms with E-state index in [1.807, 2.05) is 0 Å². The maximum absolute atomic E-state index is 14.1. The van der Waals surface area contributed by atoms with Crippen molar-refractivity contribution in [1.29, 1.82) is 0 Å². The Bertz CT molecular complexity index is 657. The van der Waals surface area contributed by atoms with E-state index in [0.29, 0.717) is 12.8 Å². The van der Waals surface area contributed by atoms with Crippen LogP contribution in [0.3, 0.4) is 0 Å². The van der Waals surface area contributed by atoms with E-state index in [9.17, 15) is 18.4 Å². The molecule has 1 aromatic rings. The highest BCUT2D eigenvalue weighted by atomic mass is 19.1. The lowest BCUT2D eigenvalue weighted by atomic mass is 10.0. The number of halogens is 2. The first-order chi connectivity index (χ1) is 10.9. The molecule has 2 rings (SSSR count). The van der Waals surface area contributed by atoms with E-state index in [1.165, 1.54) is 23.1 Å². The van der Waals surface area contributed by atoms with Crippen molar-refractivity contribution in [3.8, 4) is 0 Å². The van der Waals surface area contributed by atoms with E-state index in [1.54, 1.807) is 0 Å². The van der Waals surface area contributed by atoms with Crippen LogP contribution in [0.1, 0.15) is 30.9 Å². The number of carbonyl (C=O) groups is 2. The van der Waals surface area contributed by atoms with Gasteiger partial charge in [0.1, 0.15) is 11.6 Å². The summed E-state index contributed by atoms with van der Waals surface area (Å²) in [5.74, 6) is -2.78. The number of hydrogen-bond donors (Lipinski definition) is 1. The molecule has 0 aliphatic carbocycles. The Balaban J connectivity index is 2.35. The number of rotatable bonds is 5. The molecule has 0 unspecified atom stereocenters. The number of hydrogen-bond acceptors (Lipinski definition) is 2. The van der Waals surface area contributed by atoms with Gasteiger partial charge in [-0.3, -0.25) is 4.79 Å². The second kappa shape index (κ2) is 7.17. The number of nitrogens with zero attached hydrogens (tertiary/aromatic N) is 1. The molecular formula is C17H17F2NO3. The lowest BCUT2D eigenvalue weighted by Gasteiger charge is -2.29. The topological polar surface area (TPSA) is 57.6 Å². The second-order valence-electron chi connectivity index (χ2n) is 5.32. The van der Waals surface area contributed by atoms with E-state index >= 15 is 0 Å². The highest BCUT2D eigenvalue weighted by Gasteiger charge is 2.37. The van der Waals surface area contributed by atoms with Crippen LogP contribution < -0.4 is 0 Å². The first-order valence-electron chi connectivity index (χ1n) is 7.22. The van der Waals surface area contributed by atoms with Gasteiger partial charge in [-0.15, -0.1) is 6.58 Å². The number of carboxylic acids is 1. The Kier molecular flexibility index (Phi) is 5.26. The summed E-state index contributed by atoms with van der Waals surface area (Å²) in [4.78, 5) is 24.5. The summed E-state index contributed by atoms with van der Waals surface area (Å²) < 4.78 is 27.1. The summed E-state index contributed by atoms with van der Waals surface area (Å²) in [6.07, 6.45) is 4.88. The molecule has 0 spiro atoms. The van der Waals surface area contributed by atoms with Crippen molar-refractivity contribution in [2.75, 3.05) is 0 Å². The molecule has 2 atom stereocenters. The Labute approximate surface area is 132 Å². The van der Waals surface area contributed by atoms with Gasteiger partial charge in [-0.1, -0.05) is 18.2 Å². The smallest absolute Gasteiger partial charge is 0.328 e. The van der Waals surface area contributed by atoms with Crippen molar-refractivity contribution in [3.05, 3.63) is 60.2 Å². The molecule has 4 nitrogen and oxygen atoms in total. The quantitative estimate of drug-likeness (QED) is 0.669. The van der Waals surface area contributed by atoms with Crippen molar-refractivity contribution in [2.24, 2.45) is 0 Å². The highest BCUT2D eigenvalue weighted by molar-refractivity contribution is 5.81. The number of likely N-dealkylation sites (tertiary alicyclic amines) is 1. The molecule has 6 heteroatoms. The van der Waals surface area contributed by atoms with Gasteiger partial charge >= 0.3 is 5.97 Å². The molecule has 0 saturated carbocycles. The second-order valence-corrected chi connectivity index (χ2v) is 5.32. The van der Waals surface area contributed by atoms with Crippen LogP contribution in [-0.4, -0.2) is 27.9 Å². The zero-order valence-corrected chi connectivity index (χ0v) is 12.4. The summed E-state index contributed by atoms with van der Waals surface area (Å²) in [6, 6.07) is 2.27. The number of amides is 1. The Morgan fingerprint density at radius 2 is 2.09 bits per heavy atom. The normalized spacial score (nSPS) is 20.9. The van der Waals surface area contributed by atoms with Gasteiger partial charge in [0, 0.05) is 24.1 Å². The molecule has 1 heterocycles. The van der Waals surface area contributed by atoms with Crippen LogP contribution in [-0.2, 0) is 9.59 Å². The van der Waals surface area contributed by atoms with Crippen molar-refractivity contribution >= 4 is 11.9 Å². The zero-order valence-electron chi connectivity index (χ0n) is 12.4. The minimum absolute atomic E-state index is 0.0662. The van der Waals surface area contributed by atoms with Crippen LogP contribution in [0.15, 0.2) is 43.0 Å². The van der Waals surface area contributed by atoms with Crippen LogP contribution in [0, 0.1) is 11.6 Å². The van der Waals surface area contributed by atoms with Gasteiger partial charge < -0.3 is 10.0 Å². The van der Waals surface area contributed by atoms with Gasteiger partial charge in [-0.25, -0.2) is 13.6 Å². The average Bonchev–Trinajstić information content (AvgIpc) is 2.89. The predicted molar refractivity (Wildman–Crippen MR) is 80.6 cm³/mol. The molecule has 1 saturated heterocycles. The molecule has 1 fully saturated rings. The summed E-state index contributed by atoms with van der Waals surface area (Å²) in [5.41, 5.74) is 0.232. The molecule has 1 aromatic carbocycles. The first-order valence-corrected chi connectivity index (χ1v) is 7.22. The largest absolute Gasteiger partial charge is 0.478 e. The van der Waals surface area contributed by atoms with Crippen molar-refractivity contribution < 1.29 is 23.5 Å². The molecule has 1 aliphatic heterocycles. The molecule has 0 bridgehead atoms. The van der Waals surface area contributed by atoms with E-state index in [4.69, 9.17) is 5.11 Å². The van der Waals surface area contributed by atoms with E-state index in [-0.39, 0.29) is 17.9 Å². The fraction of sp³-hybridized carbons (Fsp3) is 0.294. The molecule has 1 amide bonds. The van der Waals surface area contributed by atoms with Crippen LogP contribution in [0.25, 0.3) is 0 Å². The summed E-state index contributed by atoms with van der Waals surface area (Å²) in [6.45, 7) is 3.51. The van der Waals surface area contributed by atoms with Crippen LogP contribution in [0.5, 0.6) is 0 Å². The van der Waals surface area contributed by atoms with Crippen LogP contribution in [0.4, 0.5) is 8.78 Å². The monoisotopic (exact) mass is 321 g/mol. The van der Waals surface area contributed by atoms with Crippen molar-refractivity contribution in [1.82, 2.24) is 4.90 Å². The Hall–Kier alpha value is -2.50. The average molecular weight is 321 g/mol. The van der Waals surface area contributed by atoms with Crippen LogP contribution >= 0.6 is 0 Å². The van der Waals surface area contributed by atoms with Crippen molar-refractivity contribution in [2.45, 2.75) is 31.3 Å². The molecule has 122 valence electrons. The SMILES string of the molecule is C=CCC(=O)N1[C@@H](/C=C/C(=O)O)CC[C@H]1c1ccc(F)cc1F. The fourth-order valence-corrected chi connectivity index (χ4v) is 2.89. The standard InChI is InChI=1S/C17H17F2NO3/c1-2-3-16(21)20-12(6-9-17(22)23)5-8-15(20)13-7-4-11(18)10-14(13)19/h2,4,6-7,9-10,12,15H,1,3,5,8H2,(H,22,23)/b9-6+/t12-,15+/m1/s1. The van der Waals surface area contributed by atoms with Gasteiger partial charge in [0.05, 0.1) is 12.1 Å². The van der Waals surface area contributed by atoms with Gasteiger partial charge in [0.15, 0.2) is 0 Å². The summed E-state index contributed by atoms with van der Waals surface area (Å²) >= 11 is 0. The fourth-order valence-electron chi connectivity index (χ4n) is 2.89. The number of carboxylic acid groups (broad SMARTS) is 1. The molecule has 0 aromatic heterocycles. The molecular weight excluding hydrogens is 304 g/mol. The van der Waals surface area contributed by atoms with Gasteiger partial charge in [0.25, 0.3) is 0 Å². The first kappa shape index (κ1) is 16.9. The van der Waals surface area contributed by atoms with Crippen molar-refractivity contribution in [3.63, 3.8) is 0 Å². The summed E-state index contributed by atoms with van der Waals surface area (Å²) in [5, 5.41) is 8.75. The maximum Gasteiger partial charge on any atom is 0.328 e. The molecule has 1 aliphatic rings. The van der Waals surface area contributed by atoms with Gasteiger partial charge in [-0.05, 0) is 18.9 Å². The minimum Gasteiger partial charge on any atom is -0.478 e. The lowest BCUT2D eigenvalue weighted by molar-refractivity contribution is -0.133. The van der Waals surface area contributed by atoms with Gasteiger partial charge in [0.2, 0.25) is 5.91 Å². The minimum atomic E-state index is -1.11. The highest BCUT2D eigenvalue weighted by Crippen LogP contribution is 2.38.